The van der Waals surface area contributed by atoms with E-state index in [0.717, 1.165) is 77.0 Å². The lowest BCUT2D eigenvalue weighted by atomic mass is 9.90. The SMILES string of the molecule is CCCCCCCCNC(=O)c1c(Br)c(Br)c(C(=O)NCCCCCCCC)c2c(C(=O)O)c(Br)c(Br)c(C(=O)O)c12. The number of hydrogen-bond donors (Lipinski definition) is 4. The number of carboxylic acids is 2. The summed E-state index contributed by atoms with van der Waals surface area (Å²) in [7, 11) is 0. The summed E-state index contributed by atoms with van der Waals surface area (Å²) in [4.78, 5) is 52.3. The molecule has 0 spiro atoms. The minimum atomic E-state index is -1.39. The molecular formula is C30H38Br4N2O6. The molecule has 0 aliphatic rings. The Balaban J connectivity index is 2.63. The first-order valence-electron chi connectivity index (χ1n) is 14.4. The normalized spacial score (nSPS) is 11.1. The van der Waals surface area contributed by atoms with Gasteiger partial charge in [0, 0.05) is 41.8 Å². The molecule has 0 heterocycles. The van der Waals surface area contributed by atoms with Crippen molar-refractivity contribution in [1.29, 1.82) is 0 Å². The highest BCUT2D eigenvalue weighted by Crippen LogP contribution is 2.46. The zero-order valence-corrected chi connectivity index (χ0v) is 30.3. The fourth-order valence-electron chi connectivity index (χ4n) is 4.85. The molecule has 4 N–H and O–H groups in total. The average Bonchev–Trinajstić information content (AvgIpc) is 2.93. The standard InChI is InChI=1S/C30H38Br4N2O6/c1-3-5-7-9-11-13-15-35-27(37)19-17-18(22(30(41)42)26(34)25(33)21(17)29(39)40)20(24(32)23(19)31)28(38)36-16-14-12-10-8-6-4-2/h3-16H2,1-2H3,(H,35,37)(H,36,38)(H,39,40)(H,41,42). The Morgan fingerprint density at radius 2 is 0.786 bits per heavy atom. The Hall–Kier alpha value is -1.50. The lowest BCUT2D eigenvalue weighted by Crippen LogP contribution is -2.29. The van der Waals surface area contributed by atoms with Gasteiger partial charge in [-0.25, -0.2) is 9.59 Å². The molecule has 8 nitrogen and oxygen atoms in total. The summed E-state index contributed by atoms with van der Waals surface area (Å²) >= 11 is 13.3. The number of aromatic carboxylic acids is 2. The molecule has 0 atom stereocenters. The van der Waals surface area contributed by atoms with Gasteiger partial charge < -0.3 is 20.8 Å². The van der Waals surface area contributed by atoms with Crippen molar-refractivity contribution in [3.63, 3.8) is 0 Å². The number of carboxylic acid groups (broad SMARTS) is 2. The monoisotopic (exact) mass is 838 g/mol. The minimum Gasteiger partial charge on any atom is -0.478 e. The fraction of sp³-hybridized carbons (Fsp3) is 0.533. The van der Waals surface area contributed by atoms with Gasteiger partial charge in [0.05, 0.1) is 22.3 Å². The average molecular weight is 842 g/mol. The first-order chi connectivity index (χ1) is 20.0. The second-order valence-corrected chi connectivity index (χ2v) is 13.3. The van der Waals surface area contributed by atoms with E-state index in [1.165, 1.54) is 0 Å². The highest BCUT2D eigenvalue weighted by atomic mass is 79.9. The van der Waals surface area contributed by atoms with E-state index in [1.54, 1.807) is 0 Å². The van der Waals surface area contributed by atoms with Crippen LogP contribution in [0.2, 0.25) is 0 Å². The van der Waals surface area contributed by atoms with Gasteiger partial charge in [-0.15, -0.1) is 0 Å². The molecule has 2 amide bonds. The number of rotatable bonds is 18. The topological polar surface area (TPSA) is 133 Å². The number of carbonyl (C=O) groups is 4. The van der Waals surface area contributed by atoms with Crippen LogP contribution >= 0.6 is 63.7 Å². The Kier molecular flexibility index (Phi) is 16.0. The van der Waals surface area contributed by atoms with E-state index in [9.17, 15) is 29.4 Å². The number of carbonyl (C=O) groups excluding carboxylic acids is 2. The van der Waals surface area contributed by atoms with Crippen LogP contribution in [0.25, 0.3) is 10.8 Å². The second kappa shape index (κ2) is 18.3. The van der Waals surface area contributed by atoms with Gasteiger partial charge in [0.15, 0.2) is 0 Å². The first kappa shape index (κ1) is 36.7. The summed E-state index contributed by atoms with van der Waals surface area (Å²) in [6, 6.07) is 0. The molecular weight excluding hydrogens is 804 g/mol. The molecule has 2 rings (SSSR count). The number of nitrogens with one attached hydrogen (secondary N) is 2. The minimum absolute atomic E-state index is 0.0439. The summed E-state index contributed by atoms with van der Waals surface area (Å²) in [5, 5.41) is 25.9. The maximum absolute atomic E-state index is 13.6. The van der Waals surface area contributed by atoms with Gasteiger partial charge in [-0.3, -0.25) is 9.59 Å². The molecule has 0 aliphatic heterocycles. The maximum atomic E-state index is 13.6. The van der Waals surface area contributed by atoms with Gasteiger partial charge in [-0.05, 0) is 76.6 Å². The molecule has 42 heavy (non-hydrogen) atoms. The second-order valence-electron chi connectivity index (χ2n) is 10.2. The van der Waals surface area contributed by atoms with Gasteiger partial charge in [0.2, 0.25) is 0 Å². The number of amides is 2. The predicted molar refractivity (Wildman–Crippen MR) is 180 cm³/mol. The molecule has 0 bridgehead atoms. The van der Waals surface area contributed by atoms with Crippen LogP contribution in [-0.2, 0) is 0 Å². The molecule has 0 unspecified atom stereocenters. The highest BCUT2D eigenvalue weighted by Gasteiger charge is 2.34. The molecule has 2 aromatic carbocycles. The number of benzene rings is 2. The van der Waals surface area contributed by atoms with Crippen LogP contribution in [0.5, 0.6) is 0 Å². The number of halogens is 4. The lowest BCUT2D eigenvalue weighted by Gasteiger charge is -2.21. The summed E-state index contributed by atoms with van der Waals surface area (Å²) in [6.07, 6.45) is 12.3. The van der Waals surface area contributed by atoms with Crippen LogP contribution in [0.3, 0.4) is 0 Å². The van der Waals surface area contributed by atoms with Crippen molar-refractivity contribution >= 4 is 98.2 Å². The van der Waals surface area contributed by atoms with E-state index >= 15 is 0 Å². The van der Waals surface area contributed by atoms with Crippen molar-refractivity contribution in [2.75, 3.05) is 13.1 Å². The van der Waals surface area contributed by atoms with Crippen molar-refractivity contribution in [3.05, 3.63) is 40.1 Å². The quantitative estimate of drug-likeness (QED) is 0.111. The zero-order valence-electron chi connectivity index (χ0n) is 23.9. The summed E-state index contributed by atoms with van der Waals surface area (Å²) in [6.45, 7) is 5.01. The summed E-state index contributed by atoms with van der Waals surface area (Å²) in [5.41, 5.74) is -0.790. The predicted octanol–water partition coefficient (Wildman–Crippen LogP) is 9.47. The highest BCUT2D eigenvalue weighted by molar-refractivity contribution is 9.13. The maximum Gasteiger partial charge on any atom is 0.337 e. The van der Waals surface area contributed by atoms with Crippen molar-refractivity contribution in [2.24, 2.45) is 0 Å². The van der Waals surface area contributed by atoms with E-state index in [-0.39, 0.29) is 50.9 Å². The van der Waals surface area contributed by atoms with Crippen molar-refractivity contribution < 1.29 is 29.4 Å². The summed E-state index contributed by atoms with van der Waals surface area (Å²) < 4.78 is 0.233. The molecule has 0 saturated carbocycles. The van der Waals surface area contributed by atoms with E-state index in [0.29, 0.717) is 13.1 Å². The smallest absolute Gasteiger partial charge is 0.337 e. The molecule has 0 saturated heterocycles. The van der Waals surface area contributed by atoms with E-state index in [1.807, 2.05) is 0 Å². The molecule has 12 heteroatoms. The van der Waals surface area contributed by atoms with Crippen LogP contribution in [0, 0.1) is 0 Å². The van der Waals surface area contributed by atoms with Crippen molar-refractivity contribution in [1.82, 2.24) is 10.6 Å². The fourth-order valence-corrected chi connectivity index (χ4v) is 7.13. The van der Waals surface area contributed by atoms with Gasteiger partial charge in [0.1, 0.15) is 0 Å². The van der Waals surface area contributed by atoms with Gasteiger partial charge in [-0.2, -0.15) is 0 Å². The molecule has 2 aromatic rings. The number of hydrogen-bond acceptors (Lipinski definition) is 4. The van der Waals surface area contributed by atoms with Crippen LogP contribution in [0.4, 0.5) is 0 Å². The van der Waals surface area contributed by atoms with E-state index in [2.05, 4.69) is 88.2 Å². The lowest BCUT2D eigenvalue weighted by molar-refractivity contribution is 0.0682. The Morgan fingerprint density at radius 3 is 1.10 bits per heavy atom. The number of unbranched alkanes of at least 4 members (excludes halogenated alkanes) is 10. The van der Waals surface area contributed by atoms with E-state index in [4.69, 9.17) is 0 Å². The number of fused-ring (bicyclic) bond motifs is 1. The zero-order chi connectivity index (χ0) is 31.4. The first-order valence-corrected chi connectivity index (χ1v) is 17.6. The van der Waals surface area contributed by atoms with E-state index < -0.39 is 23.8 Å². The van der Waals surface area contributed by atoms with Crippen LogP contribution < -0.4 is 10.6 Å². The van der Waals surface area contributed by atoms with Crippen LogP contribution in [0.1, 0.15) is 132 Å². The molecule has 0 aliphatic carbocycles. The third-order valence-electron chi connectivity index (χ3n) is 7.03. The molecule has 0 radical (unpaired) electrons. The Labute approximate surface area is 280 Å². The molecule has 0 fully saturated rings. The molecule has 0 aromatic heterocycles. The van der Waals surface area contributed by atoms with Crippen LogP contribution in [-0.4, -0.2) is 47.1 Å². The Bertz CT molecular complexity index is 1220. The van der Waals surface area contributed by atoms with Gasteiger partial charge >= 0.3 is 11.9 Å². The van der Waals surface area contributed by atoms with Crippen molar-refractivity contribution in [3.8, 4) is 0 Å². The van der Waals surface area contributed by atoms with Gasteiger partial charge in [0.25, 0.3) is 11.8 Å². The summed E-state index contributed by atoms with van der Waals surface area (Å²) in [5.74, 6) is -3.93. The van der Waals surface area contributed by atoms with Crippen molar-refractivity contribution in [2.45, 2.75) is 90.9 Å². The third-order valence-corrected chi connectivity index (χ3v) is 11.3. The van der Waals surface area contributed by atoms with Crippen LogP contribution in [0.15, 0.2) is 17.9 Å². The third kappa shape index (κ3) is 9.25. The molecule has 232 valence electrons. The Morgan fingerprint density at radius 1 is 0.500 bits per heavy atom. The van der Waals surface area contributed by atoms with Gasteiger partial charge in [-0.1, -0.05) is 78.1 Å². The largest absolute Gasteiger partial charge is 0.478 e.